The monoisotopic (exact) mass is 300 g/mol. The van der Waals surface area contributed by atoms with E-state index in [1.165, 1.54) is 18.2 Å². The van der Waals surface area contributed by atoms with E-state index in [0.717, 1.165) is 0 Å². The molecule has 1 unspecified atom stereocenters. The van der Waals surface area contributed by atoms with Crippen molar-refractivity contribution in [2.24, 2.45) is 0 Å². The Hall–Kier alpha value is -1.70. The third-order valence-electron chi connectivity index (χ3n) is 2.79. The van der Waals surface area contributed by atoms with Crippen molar-refractivity contribution in [3.63, 3.8) is 0 Å². The standard InChI is InChI=1S/C12H13ClN2O5/c13-10-3-1-2-9(11(10)15(17)18)12(16)14-6-8-7-19-4-5-20-8/h1-3,8H,4-7H2,(H,14,16). The van der Waals surface area contributed by atoms with Crippen LogP contribution in [-0.4, -0.2) is 43.3 Å². The zero-order valence-electron chi connectivity index (χ0n) is 10.5. The lowest BCUT2D eigenvalue weighted by Gasteiger charge is -2.23. The second-order valence-electron chi connectivity index (χ2n) is 4.17. The first-order valence-electron chi connectivity index (χ1n) is 6.00. The van der Waals surface area contributed by atoms with Crippen molar-refractivity contribution in [1.29, 1.82) is 0 Å². The molecule has 0 saturated carbocycles. The van der Waals surface area contributed by atoms with Crippen molar-refractivity contribution in [2.45, 2.75) is 6.10 Å². The number of ether oxygens (including phenoxy) is 2. The zero-order valence-corrected chi connectivity index (χ0v) is 11.3. The first-order valence-corrected chi connectivity index (χ1v) is 6.38. The number of benzene rings is 1. The number of halogens is 1. The molecule has 0 aliphatic carbocycles. The molecule has 1 aromatic rings. The van der Waals surface area contributed by atoms with Gasteiger partial charge in [-0.05, 0) is 12.1 Å². The van der Waals surface area contributed by atoms with E-state index >= 15 is 0 Å². The number of nitro benzene ring substituents is 1. The van der Waals surface area contributed by atoms with Gasteiger partial charge in [-0.1, -0.05) is 17.7 Å². The van der Waals surface area contributed by atoms with Crippen LogP contribution in [0, 0.1) is 10.1 Å². The Balaban J connectivity index is 2.05. The fraction of sp³-hybridized carbons (Fsp3) is 0.417. The maximum atomic E-state index is 12.0. The van der Waals surface area contributed by atoms with E-state index in [-0.39, 0.29) is 23.2 Å². The van der Waals surface area contributed by atoms with Crippen LogP contribution in [-0.2, 0) is 9.47 Å². The highest BCUT2D eigenvalue weighted by molar-refractivity contribution is 6.33. The minimum atomic E-state index is -0.669. The normalized spacial score (nSPS) is 18.6. The number of nitro groups is 1. The minimum Gasteiger partial charge on any atom is -0.376 e. The Morgan fingerprint density at radius 2 is 2.30 bits per heavy atom. The Labute approximate surface area is 120 Å². The number of carbonyl (C=O) groups excluding carboxylic acids is 1. The van der Waals surface area contributed by atoms with Gasteiger partial charge in [0.25, 0.3) is 5.91 Å². The molecular weight excluding hydrogens is 288 g/mol. The van der Waals surface area contributed by atoms with Gasteiger partial charge in [-0.2, -0.15) is 0 Å². The van der Waals surface area contributed by atoms with Crippen LogP contribution in [0.15, 0.2) is 18.2 Å². The maximum Gasteiger partial charge on any atom is 0.300 e. The number of amides is 1. The maximum absolute atomic E-state index is 12.0. The van der Waals surface area contributed by atoms with Gasteiger partial charge in [-0.15, -0.1) is 0 Å². The molecule has 2 rings (SSSR count). The lowest BCUT2D eigenvalue weighted by molar-refractivity contribution is -0.385. The van der Waals surface area contributed by atoms with E-state index in [1.807, 2.05) is 0 Å². The third-order valence-corrected chi connectivity index (χ3v) is 3.09. The van der Waals surface area contributed by atoms with Crippen LogP contribution >= 0.6 is 11.6 Å². The van der Waals surface area contributed by atoms with Crippen LogP contribution in [0.3, 0.4) is 0 Å². The molecule has 1 aliphatic rings. The topological polar surface area (TPSA) is 90.7 Å². The molecule has 0 radical (unpaired) electrons. The predicted molar refractivity (Wildman–Crippen MR) is 71.0 cm³/mol. The first kappa shape index (κ1) is 14.7. The molecule has 20 heavy (non-hydrogen) atoms. The van der Waals surface area contributed by atoms with Gasteiger partial charge < -0.3 is 14.8 Å². The van der Waals surface area contributed by atoms with Gasteiger partial charge in [-0.25, -0.2) is 0 Å². The van der Waals surface area contributed by atoms with Crippen molar-refractivity contribution in [3.05, 3.63) is 38.9 Å². The lowest BCUT2D eigenvalue weighted by atomic mass is 10.1. The SMILES string of the molecule is O=C(NCC1COCCO1)c1cccc(Cl)c1[N+](=O)[O-]. The van der Waals surface area contributed by atoms with Crippen molar-refractivity contribution < 1.29 is 19.2 Å². The van der Waals surface area contributed by atoms with Gasteiger partial charge in [0.2, 0.25) is 0 Å². The Kier molecular flexibility index (Phi) is 4.89. The molecule has 108 valence electrons. The number of nitrogens with one attached hydrogen (secondary N) is 1. The fourth-order valence-corrected chi connectivity index (χ4v) is 2.08. The average molecular weight is 301 g/mol. The van der Waals surface area contributed by atoms with E-state index in [2.05, 4.69) is 5.32 Å². The molecule has 1 aliphatic heterocycles. The molecule has 8 heteroatoms. The molecule has 1 fully saturated rings. The number of hydrogen-bond acceptors (Lipinski definition) is 5. The van der Waals surface area contributed by atoms with Gasteiger partial charge in [0.1, 0.15) is 10.6 Å². The number of nitrogens with zero attached hydrogens (tertiary/aromatic N) is 1. The third kappa shape index (κ3) is 3.44. The minimum absolute atomic E-state index is 0.0695. The summed E-state index contributed by atoms with van der Waals surface area (Å²) in [6.07, 6.45) is -0.244. The number of rotatable bonds is 4. The highest BCUT2D eigenvalue weighted by atomic mass is 35.5. The average Bonchev–Trinajstić information content (AvgIpc) is 2.45. The second-order valence-corrected chi connectivity index (χ2v) is 4.58. The summed E-state index contributed by atoms with van der Waals surface area (Å²) < 4.78 is 10.6. The summed E-state index contributed by atoms with van der Waals surface area (Å²) in [6, 6.07) is 4.22. The zero-order chi connectivity index (χ0) is 14.5. The van der Waals surface area contributed by atoms with Crippen LogP contribution in [0.5, 0.6) is 0 Å². The van der Waals surface area contributed by atoms with Crippen LogP contribution in [0.25, 0.3) is 0 Å². The molecule has 1 N–H and O–H groups in total. The van der Waals surface area contributed by atoms with Crippen molar-refractivity contribution >= 4 is 23.2 Å². The predicted octanol–water partition coefficient (Wildman–Crippen LogP) is 1.39. The second kappa shape index (κ2) is 6.65. The fourth-order valence-electron chi connectivity index (χ4n) is 1.84. The number of hydrogen-bond donors (Lipinski definition) is 1. The summed E-state index contributed by atoms with van der Waals surface area (Å²) in [4.78, 5) is 22.3. The van der Waals surface area contributed by atoms with Crippen molar-refractivity contribution in [2.75, 3.05) is 26.4 Å². The number of carbonyl (C=O) groups is 1. The lowest BCUT2D eigenvalue weighted by Crippen LogP contribution is -2.39. The van der Waals surface area contributed by atoms with E-state index in [4.69, 9.17) is 21.1 Å². The van der Waals surface area contributed by atoms with Gasteiger partial charge in [0.05, 0.1) is 30.8 Å². The van der Waals surface area contributed by atoms with Crippen LogP contribution in [0.1, 0.15) is 10.4 Å². The molecule has 1 aromatic carbocycles. The molecule has 1 amide bonds. The summed E-state index contributed by atoms with van der Waals surface area (Å²) >= 11 is 5.75. The summed E-state index contributed by atoms with van der Waals surface area (Å²) in [7, 11) is 0. The molecule has 1 saturated heterocycles. The van der Waals surface area contributed by atoms with E-state index < -0.39 is 16.5 Å². The van der Waals surface area contributed by atoms with E-state index in [1.54, 1.807) is 0 Å². The smallest absolute Gasteiger partial charge is 0.300 e. The van der Waals surface area contributed by atoms with Crippen molar-refractivity contribution in [3.8, 4) is 0 Å². The molecule has 1 atom stereocenters. The van der Waals surface area contributed by atoms with E-state index in [9.17, 15) is 14.9 Å². The van der Waals surface area contributed by atoms with E-state index in [0.29, 0.717) is 19.8 Å². The van der Waals surface area contributed by atoms with Crippen LogP contribution < -0.4 is 5.32 Å². The molecule has 1 heterocycles. The summed E-state index contributed by atoms with van der Waals surface area (Å²) in [6.45, 7) is 1.61. The summed E-state index contributed by atoms with van der Waals surface area (Å²) in [5.41, 5.74) is -0.466. The molecule has 7 nitrogen and oxygen atoms in total. The highest BCUT2D eigenvalue weighted by Crippen LogP contribution is 2.27. The van der Waals surface area contributed by atoms with Crippen LogP contribution in [0.2, 0.25) is 5.02 Å². The molecule has 0 bridgehead atoms. The Morgan fingerprint density at radius 3 is 2.95 bits per heavy atom. The van der Waals surface area contributed by atoms with Crippen LogP contribution in [0.4, 0.5) is 5.69 Å². The number of para-hydroxylation sites is 1. The molecule has 0 aromatic heterocycles. The first-order chi connectivity index (χ1) is 9.59. The van der Waals surface area contributed by atoms with Crippen molar-refractivity contribution in [1.82, 2.24) is 5.32 Å². The summed E-state index contributed by atoms with van der Waals surface area (Å²) in [5.74, 6) is -0.562. The summed E-state index contributed by atoms with van der Waals surface area (Å²) in [5, 5.41) is 13.5. The molecular formula is C12H13ClN2O5. The quantitative estimate of drug-likeness (QED) is 0.670. The largest absolute Gasteiger partial charge is 0.376 e. The highest BCUT2D eigenvalue weighted by Gasteiger charge is 2.24. The Morgan fingerprint density at radius 1 is 1.50 bits per heavy atom. The van der Waals surface area contributed by atoms with Gasteiger partial charge >= 0.3 is 5.69 Å². The molecule has 0 spiro atoms. The Bertz CT molecular complexity index is 517. The van der Waals surface area contributed by atoms with Gasteiger partial charge in [0.15, 0.2) is 0 Å². The van der Waals surface area contributed by atoms with Gasteiger partial charge in [-0.3, -0.25) is 14.9 Å². The van der Waals surface area contributed by atoms with Gasteiger partial charge in [0, 0.05) is 6.54 Å².